The zero-order valence-corrected chi connectivity index (χ0v) is 16.2. The van der Waals surface area contributed by atoms with Gasteiger partial charge in [0, 0.05) is 30.4 Å². The van der Waals surface area contributed by atoms with E-state index < -0.39 is 9.84 Å². The first-order valence-electron chi connectivity index (χ1n) is 9.14. The molecule has 142 valence electrons. The number of sulfone groups is 1. The van der Waals surface area contributed by atoms with E-state index >= 15 is 0 Å². The van der Waals surface area contributed by atoms with Gasteiger partial charge in [-0.05, 0) is 55.3 Å². The van der Waals surface area contributed by atoms with Gasteiger partial charge in [-0.1, -0.05) is 12.1 Å². The number of nitrogens with zero attached hydrogens (tertiary/aromatic N) is 3. The highest BCUT2D eigenvalue weighted by Gasteiger charge is 2.23. The number of likely N-dealkylation sites (tertiary alicyclic amines) is 1. The lowest BCUT2D eigenvalue weighted by atomic mass is 10.0. The summed E-state index contributed by atoms with van der Waals surface area (Å²) in [5.41, 5.74) is 8.75. The summed E-state index contributed by atoms with van der Waals surface area (Å²) in [6.45, 7) is 2.64. The van der Waals surface area contributed by atoms with Gasteiger partial charge < -0.3 is 5.73 Å². The molecule has 1 saturated heterocycles. The quantitative estimate of drug-likeness (QED) is 0.700. The van der Waals surface area contributed by atoms with Gasteiger partial charge in [0.25, 0.3) is 0 Å². The molecule has 2 N–H and O–H groups in total. The van der Waals surface area contributed by atoms with Crippen LogP contribution in [0.4, 0.5) is 5.69 Å². The Labute approximate surface area is 159 Å². The molecule has 0 bridgehead atoms. The van der Waals surface area contributed by atoms with E-state index in [-0.39, 0.29) is 0 Å². The number of rotatable bonds is 4. The first kappa shape index (κ1) is 18.0. The van der Waals surface area contributed by atoms with Crippen LogP contribution in [0.25, 0.3) is 10.9 Å². The largest absolute Gasteiger partial charge is 0.399 e. The SMILES string of the molecule is CS(=O)(=O)c1cccc(CN2CCCC(n3ncc4cc(N)ccc43)C2)c1. The van der Waals surface area contributed by atoms with E-state index in [9.17, 15) is 8.42 Å². The Kier molecular flexibility index (Phi) is 4.65. The minimum absolute atomic E-state index is 0.304. The molecule has 0 aliphatic carbocycles. The number of fused-ring (bicyclic) bond motifs is 1. The molecule has 3 aromatic rings. The Bertz CT molecular complexity index is 1070. The van der Waals surface area contributed by atoms with E-state index in [0.717, 1.165) is 54.6 Å². The normalized spacial score (nSPS) is 18.8. The summed E-state index contributed by atoms with van der Waals surface area (Å²) >= 11 is 0. The third kappa shape index (κ3) is 3.84. The Morgan fingerprint density at radius 3 is 2.89 bits per heavy atom. The smallest absolute Gasteiger partial charge is 0.175 e. The van der Waals surface area contributed by atoms with Crippen molar-refractivity contribution < 1.29 is 8.42 Å². The van der Waals surface area contributed by atoms with Crippen molar-refractivity contribution in [2.75, 3.05) is 25.1 Å². The maximum Gasteiger partial charge on any atom is 0.175 e. The van der Waals surface area contributed by atoms with Crippen LogP contribution in [0.15, 0.2) is 53.6 Å². The van der Waals surface area contributed by atoms with Crippen molar-refractivity contribution in [1.29, 1.82) is 0 Å². The van der Waals surface area contributed by atoms with Crippen molar-refractivity contribution in [2.24, 2.45) is 0 Å². The Morgan fingerprint density at radius 1 is 1.22 bits per heavy atom. The van der Waals surface area contributed by atoms with Crippen LogP contribution >= 0.6 is 0 Å². The maximum atomic E-state index is 11.8. The number of nitrogens with two attached hydrogens (primary N) is 1. The van der Waals surface area contributed by atoms with Crippen LogP contribution in [0.5, 0.6) is 0 Å². The van der Waals surface area contributed by atoms with Crippen LogP contribution in [-0.4, -0.2) is 42.4 Å². The Morgan fingerprint density at radius 2 is 2.07 bits per heavy atom. The summed E-state index contributed by atoms with van der Waals surface area (Å²) in [6, 6.07) is 13.4. The second-order valence-electron chi connectivity index (χ2n) is 7.36. The molecule has 0 spiro atoms. The maximum absolute atomic E-state index is 11.8. The van der Waals surface area contributed by atoms with E-state index in [0.29, 0.717) is 10.9 Å². The number of piperidine rings is 1. The summed E-state index contributed by atoms with van der Waals surface area (Å²) < 4.78 is 25.7. The minimum Gasteiger partial charge on any atom is -0.399 e. The van der Waals surface area contributed by atoms with E-state index in [4.69, 9.17) is 5.73 Å². The average molecular weight is 385 g/mol. The van der Waals surface area contributed by atoms with Gasteiger partial charge in [-0.2, -0.15) is 5.10 Å². The fourth-order valence-corrected chi connectivity index (χ4v) is 4.56. The van der Waals surface area contributed by atoms with Crippen LogP contribution < -0.4 is 5.73 Å². The van der Waals surface area contributed by atoms with Gasteiger partial charge in [-0.15, -0.1) is 0 Å². The van der Waals surface area contributed by atoms with Crippen molar-refractivity contribution in [1.82, 2.24) is 14.7 Å². The number of benzene rings is 2. The lowest BCUT2D eigenvalue weighted by Crippen LogP contribution is -2.36. The third-order valence-electron chi connectivity index (χ3n) is 5.18. The molecule has 1 atom stereocenters. The molecule has 2 aromatic carbocycles. The molecule has 0 amide bonds. The molecular formula is C20H24N4O2S. The highest BCUT2D eigenvalue weighted by molar-refractivity contribution is 7.90. The fourth-order valence-electron chi connectivity index (χ4n) is 3.87. The molecule has 1 aromatic heterocycles. The molecule has 7 heteroatoms. The third-order valence-corrected chi connectivity index (χ3v) is 6.29. The van der Waals surface area contributed by atoms with E-state index in [1.54, 1.807) is 12.1 Å². The first-order valence-corrected chi connectivity index (χ1v) is 11.0. The molecule has 27 heavy (non-hydrogen) atoms. The van der Waals surface area contributed by atoms with Crippen molar-refractivity contribution >= 4 is 26.4 Å². The average Bonchev–Trinajstić information content (AvgIpc) is 3.04. The van der Waals surface area contributed by atoms with Gasteiger partial charge in [0.15, 0.2) is 9.84 Å². The summed E-state index contributed by atoms with van der Waals surface area (Å²) in [4.78, 5) is 2.75. The predicted molar refractivity (Wildman–Crippen MR) is 107 cm³/mol. The van der Waals surface area contributed by atoms with Gasteiger partial charge in [0.2, 0.25) is 0 Å². The second kappa shape index (κ2) is 6.98. The number of anilines is 1. The standard InChI is InChI=1S/C20H24N4O2S/c1-27(25,26)19-6-2-4-15(10-19)13-23-9-3-5-18(14-23)24-20-8-7-17(21)11-16(20)12-22-24/h2,4,6-8,10-12,18H,3,5,9,13-14,21H2,1H3. The number of hydrogen-bond acceptors (Lipinski definition) is 5. The Hall–Kier alpha value is -2.38. The highest BCUT2D eigenvalue weighted by atomic mass is 32.2. The summed E-state index contributed by atoms with van der Waals surface area (Å²) in [6.07, 6.45) is 5.30. The molecule has 0 saturated carbocycles. The van der Waals surface area contributed by atoms with Crippen molar-refractivity contribution in [3.8, 4) is 0 Å². The predicted octanol–water partition coefficient (Wildman–Crippen LogP) is 2.86. The van der Waals surface area contributed by atoms with E-state index in [1.807, 2.05) is 36.5 Å². The monoisotopic (exact) mass is 384 g/mol. The number of aromatic nitrogens is 2. The van der Waals surface area contributed by atoms with Crippen molar-refractivity contribution in [3.63, 3.8) is 0 Å². The highest BCUT2D eigenvalue weighted by Crippen LogP contribution is 2.27. The topological polar surface area (TPSA) is 81.2 Å². The lowest BCUT2D eigenvalue weighted by Gasteiger charge is -2.33. The summed E-state index contributed by atoms with van der Waals surface area (Å²) in [5, 5.41) is 5.67. The fraction of sp³-hybridized carbons (Fsp3) is 0.350. The molecule has 4 rings (SSSR count). The van der Waals surface area contributed by atoms with Crippen LogP contribution in [0.2, 0.25) is 0 Å². The molecular weight excluding hydrogens is 360 g/mol. The van der Waals surface area contributed by atoms with Crippen LogP contribution in [0.3, 0.4) is 0 Å². The van der Waals surface area contributed by atoms with Gasteiger partial charge in [0.05, 0.1) is 22.7 Å². The lowest BCUT2D eigenvalue weighted by molar-refractivity contribution is 0.165. The zero-order valence-electron chi connectivity index (χ0n) is 15.4. The molecule has 1 fully saturated rings. The Balaban J connectivity index is 1.53. The number of nitrogen functional groups attached to an aromatic ring is 1. The van der Waals surface area contributed by atoms with Crippen LogP contribution in [0.1, 0.15) is 24.4 Å². The summed E-state index contributed by atoms with van der Waals surface area (Å²) in [5.74, 6) is 0. The molecule has 2 heterocycles. The van der Waals surface area contributed by atoms with Crippen molar-refractivity contribution in [2.45, 2.75) is 30.3 Å². The number of hydrogen-bond donors (Lipinski definition) is 1. The zero-order chi connectivity index (χ0) is 19.0. The molecule has 1 aliphatic heterocycles. The van der Waals surface area contributed by atoms with E-state index in [1.165, 1.54) is 6.26 Å². The van der Waals surface area contributed by atoms with Gasteiger partial charge in [-0.3, -0.25) is 9.58 Å². The van der Waals surface area contributed by atoms with Gasteiger partial charge in [-0.25, -0.2) is 8.42 Å². The van der Waals surface area contributed by atoms with Crippen molar-refractivity contribution in [3.05, 3.63) is 54.2 Å². The first-order chi connectivity index (χ1) is 12.9. The molecule has 0 radical (unpaired) electrons. The van der Waals surface area contributed by atoms with Gasteiger partial charge >= 0.3 is 0 Å². The minimum atomic E-state index is -3.18. The van der Waals surface area contributed by atoms with Gasteiger partial charge in [0.1, 0.15) is 0 Å². The molecule has 1 aliphatic rings. The second-order valence-corrected chi connectivity index (χ2v) is 9.37. The van der Waals surface area contributed by atoms with E-state index in [2.05, 4.69) is 14.7 Å². The summed E-state index contributed by atoms with van der Waals surface area (Å²) in [7, 11) is -3.18. The molecule has 6 nitrogen and oxygen atoms in total. The van der Waals surface area contributed by atoms with Crippen LogP contribution in [0, 0.1) is 0 Å². The van der Waals surface area contributed by atoms with Crippen LogP contribution in [-0.2, 0) is 16.4 Å². The molecule has 1 unspecified atom stereocenters.